The Morgan fingerprint density at radius 2 is 1.96 bits per heavy atom. The summed E-state index contributed by atoms with van der Waals surface area (Å²) < 4.78 is 1.77. The van der Waals surface area contributed by atoms with Crippen LogP contribution in [0.5, 0.6) is 0 Å². The molecule has 0 radical (unpaired) electrons. The van der Waals surface area contributed by atoms with E-state index in [1.807, 2.05) is 37.3 Å². The summed E-state index contributed by atoms with van der Waals surface area (Å²) in [5, 5.41) is 4.75. The lowest BCUT2D eigenvalue weighted by molar-refractivity contribution is -0.121. The van der Waals surface area contributed by atoms with Crippen molar-refractivity contribution in [2.75, 3.05) is 0 Å². The van der Waals surface area contributed by atoms with Gasteiger partial charge < -0.3 is 10.3 Å². The molecule has 26 heavy (non-hydrogen) atoms. The lowest BCUT2D eigenvalue weighted by Crippen LogP contribution is -2.34. The fraction of sp³-hybridized carbons (Fsp3) is 0.316. The lowest BCUT2D eigenvalue weighted by Gasteiger charge is -2.14. The van der Waals surface area contributed by atoms with Crippen molar-refractivity contribution >= 4 is 27.5 Å². The van der Waals surface area contributed by atoms with Crippen LogP contribution >= 0.6 is 11.3 Å². The number of fused-ring (bicyclic) bond motifs is 1. The lowest BCUT2D eigenvalue weighted by atomic mass is 10.1. The third-order valence-electron chi connectivity index (χ3n) is 4.30. The molecular weight excluding hydrogens is 350 g/mol. The van der Waals surface area contributed by atoms with E-state index in [0.29, 0.717) is 36.0 Å². The van der Waals surface area contributed by atoms with Crippen LogP contribution in [0.1, 0.15) is 37.8 Å². The molecule has 0 saturated heterocycles. The molecule has 1 atom stereocenters. The smallest absolute Gasteiger partial charge is 0.328 e. The van der Waals surface area contributed by atoms with Crippen molar-refractivity contribution in [1.82, 2.24) is 14.9 Å². The molecule has 0 aliphatic rings. The van der Waals surface area contributed by atoms with Crippen molar-refractivity contribution in [2.24, 2.45) is 0 Å². The van der Waals surface area contributed by atoms with Gasteiger partial charge in [0.15, 0.2) is 0 Å². The number of thiophene rings is 1. The zero-order valence-electron chi connectivity index (χ0n) is 14.5. The van der Waals surface area contributed by atoms with Crippen molar-refractivity contribution in [3.05, 3.63) is 68.2 Å². The van der Waals surface area contributed by atoms with Gasteiger partial charge in [0.25, 0.3) is 5.56 Å². The molecule has 1 aromatic carbocycles. The van der Waals surface area contributed by atoms with Crippen molar-refractivity contribution in [1.29, 1.82) is 0 Å². The first-order chi connectivity index (χ1) is 12.6. The third kappa shape index (κ3) is 4.11. The number of hydrogen-bond donors (Lipinski definition) is 2. The monoisotopic (exact) mass is 371 g/mol. The van der Waals surface area contributed by atoms with Crippen LogP contribution in [0.3, 0.4) is 0 Å². The number of rotatable bonds is 7. The van der Waals surface area contributed by atoms with Crippen LogP contribution < -0.4 is 16.6 Å². The second-order valence-electron chi connectivity index (χ2n) is 6.21. The Bertz CT molecular complexity index is 1000. The maximum Gasteiger partial charge on any atom is 0.328 e. The highest BCUT2D eigenvalue weighted by Gasteiger charge is 2.10. The van der Waals surface area contributed by atoms with Gasteiger partial charge in [-0.25, -0.2) is 4.79 Å². The molecule has 0 bridgehead atoms. The van der Waals surface area contributed by atoms with Gasteiger partial charge in [-0.3, -0.25) is 14.2 Å². The van der Waals surface area contributed by atoms with Gasteiger partial charge in [-0.15, -0.1) is 11.3 Å². The van der Waals surface area contributed by atoms with Gasteiger partial charge in [0.2, 0.25) is 5.91 Å². The minimum Gasteiger partial charge on any atom is -0.350 e. The zero-order chi connectivity index (χ0) is 18.5. The van der Waals surface area contributed by atoms with Gasteiger partial charge >= 0.3 is 5.69 Å². The van der Waals surface area contributed by atoms with Crippen LogP contribution in [0, 0.1) is 0 Å². The fourth-order valence-electron chi connectivity index (χ4n) is 2.87. The molecule has 3 aromatic rings. The highest BCUT2D eigenvalue weighted by atomic mass is 32.1. The zero-order valence-corrected chi connectivity index (χ0v) is 15.3. The molecule has 1 amide bonds. The predicted octanol–water partition coefficient (Wildman–Crippen LogP) is 2.80. The molecule has 0 unspecified atom stereocenters. The maximum atomic E-state index is 12.3. The number of carbonyl (C=O) groups excluding carboxylic acids is 1. The predicted molar refractivity (Wildman–Crippen MR) is 104 cm³/mol. The van der Waals surface area contributed by atoms with Crippen LogP contribution in [0.4, 0.5) is 0 Å². The number of carbonyl (C=O) groups is 1. The Balaban J connectivity index is 1.51. The summed E-state index contributed by atoms with van der Waals surface area (Å²) in [5.74, 6) is -0.0312. The number of hydrogen-bond acceptors (Lipinski definition) is 4. The molecule has 2 N–H and O–H groups in total. The Hall–Kier alpha value is -2.67. The normalized spacial score (nSPS) is 12.2. The Labute approximate surface area is 154 Å². The average molecular weight is 371 g/mol. The quantitative estimate of drug-likeness (QED) is 0.627. The van der Waals surface area contributed by atoms with Gasteiger partial charge in [-0.1, -0.05) is 30.3 Å². The number of H-pyrrole nitrogens is 1. The first-order valence-corrected chi connectivity index (χ1v) is 9.49. The van der Waals surface area contributed by atoms with Crippen LogP contribution in [0.15, 0.2) is 51.4 Å². The SMILES string of the molecule is C[C@@H](NC(=O)CCCCn1c(=O)[nH]c2ccsc2c1=O)c1ccccc1. The molecule has 136 valence electrons. The third-order valence-corrected chi connectivity index (χ3v) is 5.21. The summed E-state index contributed by atoms with van der Waals surface area (Å²) in [6.45, 7) is 2.26. The summed E-state index contributed by atoms with van der Waals surface area (Å²) >= 11 is 1.32. The molecule has 6 nitrogen and oxygen atoms in total. The minimum absolute atomic E-state index is 0.0312. The molecule has 0 saturated carbocycles. The van der Waals surface area contributed by atoms with E-state index >= 15 is 0 Å². The fourth-order valence-corrected chi connectivity index (χ4v) is 3.67. The van der Waals surface area contributed by atoms with E-state index in [0.717, 1.165) is 5.56 Å². The van der Waals surface area contributed by atoms with Crippen LogP contribution in [0.2, 0.25) is 0 Å². The summed E-state index contributed by atoms with van der Waals surface area (Å²) in [6, 6.07) is 11.5. The van der Waals surface area contributed by atoms with Crippen molar-refractivity contribution in [3.63, 3.8) is 0 Å². The number of benzene rings is 1. The first-order valence-electron chi connectivity index (χ1n) is 8.61. The molecule has 0 fully saturated rings. The Kier molecular flexibility index (Phi) is 5.68. The molecule has 3 rings (SSSR count). The van der Waals surface area contributed by atoms with Gasteiger partial charge in [-0.2, -0.15) is 0 Å². The molecule has 7 heteroatoms. The van der Waals surface area contributed by atoms with Crippen LogP contribution in [-0.4, -0.2) is 15.5 Å². The van der Waals surface area contributed by atoms with E-state index in [1.54, 1.807) is 11.4 Å². The van der Waals surface area contributed by atoms with Gasteiger partial charge in [0, 0.05) is 13.0 Å². The number of nitrogens with one attached hydrogen (secondary N) is 2. The topological polar surface area (TPSA) is 84.0 Å². The van der Waals surface area contributed by atoms with E-state index in [2.05, 4.69) is 10.3 Å². The van der Waals surface area contributed by atoms with Crippen LogP contribution in [-0.2, 0) is 11.3 Å². The number of amides is 1. The second-order valence-corrected chi connectivity index (χ2v) is 7.12. The van der Waals surface area contributed by atoms with E-state index in [9.17, 15) is 14.4 Å². The summed E-state index contributed by atoms with van der Waals surface area (Å²) in [5.41, 5.74) is 0.975. The molecule has 0 aliphatic carbocycles. The standard InChI is InChI=1S/C19H21N3O3S/c1-13(14-7-3-2-4-8-14)20-16(23)9-5-6-11-22-18(24)17-15(10-12-26-17)21-19(22)25/h2-4,7-8,10,12-13H,5-6,9,11H2,1H3,(H,20,23)(H,21,25)/t13-/m1/s1. The van der Waals surface area contributed by atoms with E-state index in [-0.39, 0.29) is 17.5 Å². The Morgan fingerprint density at radius 1 is 1.19 bits per heavy atom. The highest BCUT2D eigenvalue weighted by molar-refractivity contribution is 7.17. The number of nitrogens with zero attached hydrogens (tertiary/aromatic N) is 1. The number of aromatic nitrogens is 2. The molecular formula is C19H21N3O3S. The maximum absolute atomic E-state index is 12.3. The number of unbranched alkanes of at least 4 members (excludes halogenated alkanes) is 1. The van der Waals surface area contributed by atoms with Gasteiger partial charge in [0.05, 0.1) is 11.6 Å². The summed E-state index contributed by atoms with van der Waals surface area (Å²) in [4.78, 5) is 39.1. The first kappa shape index (κ1) is 18.1. The van der Waals surface area contributed by atoms with Gasteiger partial charge in [-0.05, 0) is 36.8 Å². The van der Waals surface area contributed by atoms with Crippen molar-refractivity contribution < 1.29 is 4.79 Å². The minimum atomic E-state index is -0.400. The van der Waals surface area contributed by atoms with Crippen molar-refractivity contribution in [2.45, 2.75) is 38.8 Å². The average Bonchev–Trinajstić information content (AvgIpc) is 3.10. The highest BCUT2D eigenvalue weighted by Crippen LogP contribution is 2.13. The second kappa shape index (κ2) is 8.14. The van der Waals surface area contributed by atoms with E-state index in [1.165, 1.54) is 15.9 Å². The Morgan fingerprint density at radius 3 is 2.73 bits per heavy atom. The molecule has 0 aliphatic heterocycles. The van der Waals surface area contributed by atoms with Crippen molar-refractivity contribution in [3.8, 4) is 0 Å². The largest absolute Gasteiger partial charge is 0.350 e. The van der Waals surface area contributed by atoms with E-state index < -0.39 is 5.69 Å². The summed E-state index contributed by atoms with van der Waals surface area (Å²) in [7, 11) is 0. The summed E-state index contributed by atoms with van der Waals surface area (Å²) in [6.07, 6.45) is 1.57. The molecule has 2 heterocycles. The molecule has 0 spiro atoms. The van der Waals surface area contributed by atoms with E-state index in [4.69, 9.17) is 0 Å². The van der Waals surface area contributed by atoms with Gasteiger partial charge in [0.1, 0.15) is 4.70 Å². The number of aromatic amines is 1. The van der Waals surface area contributed by atoms with Crippen LogP contribution in [0.25, 0.3) is 10.2 Å². The molecule has 2 aromatic heterocycles.